The molecule has 1 aliphatic heterocycles. The Labute approximate surface area is 159 Å². The van der Waals surface area contributed by atoms with Crippen molar-refractivity contribution in [1.82, 2.24) is 20.1 Å². The fourth-order valence-corrected chi connectivity index (χ4v) is 3.37. The number of carbonyl (C=O) groups excluding carboxylic acids is 1. The lowest BCUT2D eigenvalue weighted by molar-refractivity contribution is -0.131. The maximum Gasteiger partial charge on any atom is 0.227 e. The molecular formula is C20H26FN5O. The van der Waals surface area contributed by atoms with Crippen LogP contribution in [0, 0.1) is 12.7 Å². The summed E-state index contributed by atoms with van der Waals surface area (Å²) in [4.78, 5) is 20.8. The second kappa shape index (κ2) is 7.98. The zero-order valence-electron chi connectivity index (χ0n) is 16.3. The zero-order valence-corrected chi connectivity index (χ0v) is 16.3. The molecule has 3 rings (SSSR count). The van der Waals surface area contributed by atoms with Crippen molar-refractivity contribution >= 4 is 11.7 Å². The van der Waals surface area contributed by atoms with Crippen molar-refractivity contribution in [2.45, 2.75) is 46.1 Å². The minimum Gasteiger partial charge on any atom is -0.349 e. The third-order valence-corrected chi connectivity index (χ3v) is 4.89. The summed E-state index contributed by atoms with van der Waals surface area (Å²) in [5.74, 6) is 0.505. The van der Waals surface area contributed by atoms with Crippen molar-refractivity contribution in [2.75, 3.05) is 24.5 Å². The summed E-state index contributed by atoms with van der Waals surface area (Å²) in [6.45, 7) is 9.68. The number of aryl methyl sites for hydroxylation is 1. The minimum atomic E-state index is -0.341. The predicted molar refractivity (Wildman–Crippen MR) is 102 cm³/mol. The van der Waals surface area contributed by atoms with Gasteiger partial charge in [0.25, 0.3) is 0 Å². The van der Waals surface area contributed by atoms with Crippen molar-refractivity contribution in [1.29, 1.82) is 0 Å². The van der Waals surface area contributed by atoms with Gasteiger partial charge < -0.3 is 9.80 Å². The summed E-state index contributed by atoms with van der Waals surface area (Å²) in [5, 5.41) is 8.36. The third-order valence-electron chi connectivity index (χ3n) is 4.89. The monoisotopic (exact) mass is 371 g/mol. The first-order valence-electron chi connectivity index (χ1n) is 9.34. The molecule has 27 heavy (non-hydrogen) atoms. The Morgan fingerprint density at radius 2 is 2.07 bits per heavy atom. The van der Waals surface area contributed by atoms with Gasteiger partial charge in [0.15, 0.2) is 5.82 Å². The van der Waals surface area contributed by atoms with E-state index >= 15 is 0 Å². The minimum absolute atomic E-state index is 0.00464. The molecule has 0 N–H and O–H groups in total. The van der Waals surface area contributed by atoms with E-state index in [0.29, 0.717) is 30.9 Å². The SMILES string of the molecule is Cc1ccc(N2CCN(C(=O)Cc3cnc(C(C)C)c(F)c3)C[C@@H]2C)nn1. The van der Waals surface area contributed by atoms with Gasteiger partial charge in [0.2, 0.25) is 5.91 Å². The van der Waals surface area contributed by atoms with E-state index in [1.165, 1.54) is 6.07 Å². The van der Waals surface area contributed by atoms with Crippen LogP contribution in [0.5, 0.6) is 0 Å². The van der Waals surface area contributed by atoms with E-state index in [-0.39, 0.29) is 30.1 Å². The molecule has 1 saturated heterocycles. The fraction of sp³-hybridized carbons (Fsp3) is 0.500. The molecule has 144 valence electrons. The van der Waals surface area contributed by atoms with Crippen LogP contribution in [0.3, 0.4) is 0 Å². The van der Waals surface area contributed by atoms with Gasteiger partial charge in [-0.25, -0.2) is 4.39 Å². The number of aromatic nitrogens is 3. The molecule has 2 aromatic heterocycles. The van der Waals surface area contributed by atoms with E-state index in [4.69, 9.17) is 0 Å². The first kappa shape index (κ1) is 19.2. The van der Waals surface area contributed by atoms with E-state index < -0.39 is 0 Å². The van der Waals surface area contributed by atoms with Gasteiger partial charge in [-0.2, -0.15) is 5.10 Å². The second-order valence-corrected chi connectivity index (χ2v) is 7.46. The predicted octanol–water partition coefficient (Wildman–Crippen LogP) is 2.72. The average molecular weight is 371 g/mol. The van der Waals surface area contributed by atoms with Gasteiger partial charge in [0, 0.05) is 31.9 Å². The van der Waals surface area contributed by atoms with Crippen molar-refractivity contribution < 1.29 is 9.18 Å². The number of nitrogens with zero attached hydrogens (tertiary/aromatic N) is 5. The Morgan fingerprint density at radius 3 is 2.67 bits per heavy atom. The van der Waals surface area contributed by atoms with Gasteiger partial charge in [-0.05, 0) is 43.5 Å². The highest BCUT2D eigenvalue weighted by molar-refractivity contribution is 5.79. The number of hydrogen-bond acceptors (Lipinski definition) is 5. The number of piperazine rings is 1. The quantitative estimate of drug-likeness (QED) is 0.827. The lowest BCUT2D eigenvalue weighted by Gasteiger charge is -2.40. The molecule has 0 spiro atoms. The van der Waals surface area contributed by atoms with E-state index in [1.807, 2.05) is 37.8 Å². The molecule has 0 radical (unpaired) electrons. The van der Waals surface area contributed by atoms with Crippen LogP contribution in [-0.4, -0.2) is 51.7 Å². The van der Waals surface area contributed by atoms with Crippen molar-refractivity contribution in [3.05, 3.63) is 47.2 Å². The van der Waals surface area contributed by atoms with Crippen LogP contribution >= 0.6 is 0 Å². The molecule has 0 aliphatic carbocycles. The zero-order chi connectivity index (χ0) is 19.6. The number of anilines is 1. The topological polar surface area (TPSA) is 62.2 Å². The highest BCUT2D eigenvalue weighted by Gasteiger charge is 2.27. The summed E-state index contributed by atoms with van der Waals surface area (Å²) < 4.78 is 14.1. The maximum absolute atomic E-state index is 14.1. The number of amides is 1. The molecular weight excluding hydrogens is 345 g/mol. The van der Waals surface area contributed by atoms with Crippen molar-refractivity contribution in [3.8, 4) is 0 Å². The van der Waals surface area contributed by atoms with Gasteiger partial charge in [-0.1, -0.05) is 13.8 Å². The van der Waals surface area contributed by atoms with Gasteiger partial charge in [-0.3, -0.25) is 9.78 Å². The van der Waals surface area contributed by atoms with Crippen molar-refractivity contribution in [3.63, 3.8) is 0 Å². The number of rotatable bonds is 4. The normalized spacial score (nSPS) is 17.5. The standard InChI is InChI=1S/C20H26FN5O/c1-13(2)20-17(21)9-16(11-22-20)10-19(27)25-7-8-26(15(4)12-25)18-6-5-14(3)23-24-18/h5-6,9,11,13,15H,7-8,10,12H2,1-4H3/t15-/m0/s1. The van der Waals surface area contributed by atoms with Gasteiger partial charge >= 0.3 is 0 Å². The van der Waals surface area contributed by atoms with Crippen LogP contribution < -0.4 is 4.90 Å². The Kier molecular flexibility index (Phi) is 5.68. The smallest absolute Gasteiger partial charge is 0.227 e. The number of pyridine rings is 1. The van der Waals surface area contributed by atoms with E-state index in [9.17, 15) is 9.18 Å². The summed E-state index contributed by atoms with van der Waals surface area (Å²) in [5.41, 5.74) is 1.93. The van der Waals surface area contributed by atoms with Crippen LogP contribution in [0.2, 0.25) is 0 Å². The first-order valence-corrected chi connectivity index (χ1v) is 9.34. The molecule has 7 heteroatoms. The van der Waals surface area contributed by atoms with E-state index in [0.717, 1.165) is 11.5 Å². The second-order valence-electron chi connectivity index (χ2n) is 7.46. The Bertz CT molecular complexity index is 809. The molecule has 1 aliphatic rings. The van der Waals surface area contributed by atoms with Gasteiger partial charge in [0.1, 0.15) is 5.82 Å². The lowest BCUT2D eigenvalue weighted by Crippen LogP contribution is -2.54. The lowest BCUT2D eigenvalue weighted by atomic mass is 10.1. The molecule has 0 aromatic carbocycles. The highest BCUT2D eigenvalue weighted by Crippen LogP contribution is 2.20. The molecule has 0 saturated carbocycles. The molecule has 0 unspecified atom stereocenters. The van der Waals surface area contributed by atoms with Gasteiger partial charge in [0.05, 0.1) is 17.8 Å². The molecule has 0 bridgehead atoms. The Morgan fingerprint density at radius 1 is 1.30 bits per heavy atom. The third kappa shape index (κ3) is 4.40. The molecule has 1 fully saturated rings. The van der Waals surface area contributed by atoms with Gasteiger partial charge in [-0.15, -0.1) is 5.10 Å². The number of halogens is 1. The van der Waals surface area contributed by atoms with Crippen LogP contribution in [0.4, 0.5) is 10.2 Å². The summed E-state index contributed by atoms with van der Waals surface area (Å²) in [6.07, 6.45) is 1.78. The summed E-state index contributed by atoms with van der Waals surface area (Å²) >= 11 is 0. The average Bonchev–Trinajstić information content (AvgIpc) is 2.62. The van der Waals surface area contributed by atoms with Crippen LogP contribution in [0.25, 0.3) is 0 Å². The fourth-order valence-electron chi connectivity index (χ4n) is 3.37. The molecule has 1 amide bonds. The number of carbonyl (C=O) groups is 1. The summed E-state index contributed by atoms with van der Waals surface area (Å²) in [6, 6.07) is 5.47. The largest absolute Gasteiger partial charge is 0.349 e. The Hall–Kier alpha value is -2.57. The summed E-state index contributed by atoms with van der Waals surface area (Å²) in [7, 11) is 0. The van der Waals surface area contributed by atoms with Crippen LogP contribution in [0.1, 0.15) is 43.6 Å². The molecule has 2 aromatic rings. The molecule has 1 atom stereocenters. The first-order chi connectivity index (χ1) is 12.8. The van der Waals surface area contributed by atoms with E-state index in [2.05, 4.69) is 27.0 Å². The highest BCUT2D eigenvalue weighted by atomic mass is 19.1. The van der Waals surface area contributed by atoms with Crippen LogP contribution in [0.15, 0.2) is 24.4 Å². The number of hydrogen-bond donors (Lipinski definition) is 0. The maximum atomic E-state index is 14.1. The van der Waals surface area contributed by atoms with E-state index in [1.54, 1.807) is 6.20 Å². The Balaban J connectivity index is 1.62. The molecule has 6 nitrogen and oxygen atoms in total. The molecule has 3 heterocycles. The van der Waals surface area contributed by atoms with Crippen molar-refractivity contribution in [2.24, 2.45) is 0 Å². The van der Waals surface area contributed by atoms with Crippen LogP contribution in [-0.2, 0) is 11.2 Å².